The molecule has 10 heteroatoms. The Bertz CT molecular complexity index is 1090. The number of ether oxygens (including phenoxy) is 1. The van der Waals surface area contributed by atoms with Crippen molar-refractivity contribution < 1.29 is 34.1 Å². The van der Waals surface area contributed by atoms with Crippen LogP contribution < -0.4 is 4.74 Å². The van der Waals surface area contributed by atoms with Crippen molar-refractivity contribution in [2.45, 2.75) is 50.9 Å². The zero-order chi connectivity index (χ0) is 24.6. The Morgan fingerprint density at radius 3 is 1.91 bits per heavy atom. The minimum Gasteiger partial charge on any atom is -0.481 e. The second kappa shape index (κ2) is 10.0. The number of ketones is 2. The number of nitrogens with zero attached hydrogens (tertiary/aromatic N) is 1. The van der Waals surface area contributed by atoms with Crippen LogP contribution >= 0.6 is 31.9 Å². The number of hydrogen-bond acceptors (Lipinski definition) is 6. The number of aliphatic carboxylic acids is 2. The normalized spacial score (nSPS) is 18.7. The summed E-state index contributed by atoms with van der Waals surface area (Å²) in [4.78, 5) is 50.7. The Kier molecular flexibility index (Phi) is 7.28. The molecule has 0 saturated carbocycles. The van der Waals surface area contributed by atoms with E-state index in [1.54, 1.807) is 12.1 Å². The van der Waals surface area contributed by atoms with Gasteiger partial charge in [0.15, 0.2) is 18.2 Å². The van der Waals surface area contributed by atoms with Gasteiger partial charge >= 0.3 is 11.9 Å². The molecule has 0 atom stereocenters. The number of carboxylic acids is 2. The summed E-state index contributed by atoms with van der Waals surface area (Å²) < 4.78 is 6.39. The minimum absolute atomic E-state index is 0.0325. The van der Waals surface area contributed by atoms with Crippen molar-refractivity contribution in [3.8, 4) is 5.75 Å². The van der Waals surface area contributed by atoms with Crippen LogP contribution in [0.3, 0.4) is 0 Å². The first-order valence-corrected chi connectivity index (χ1v) is 12.6. The van der Waals surface area contributed by atoms with Gasteiger partial charge in [-0.2, -0.15) is 0 Å². The molecule has 2 aliphatic carbocycles. The van der Waals surface area contributed by atoms with E-state index in [9.17, 15) is 24.3 Å². The highest BCUT2D eigenvalue weighted by molar-refractivity contribution is 9.11. The molecule has 4 rings (SSSR count). The first-order valence-electron chi connectivity index (χ1n) is 11.0. The molecule has 0 fully saturated rings. The van der Waals surface area contributed by atoms with Gasteiger partial charge in [0, 0.05) is 47.8 Å². The molecule has 3 aliphatic rings. The summed E-state index contributed by atoms with van der Waals surface area (Å²) in [5, 5.41) is 18.2. The fourth-order valence-corrected chi connectivity index (χ4v) is 6.50. The fourth-order valence-electron chi connectivity index (χ4n) is 5.05. The lowest BCUT2D eigenvalue weighted by Crippen LogP contribution is -2.39. The van der Waals surface area contributed by atoms with Crippen molar-refractivity contribution in [2.24, 2.45) is 0 Å². The third-order valence-electron chi connectivity index (χ3n) is 6.33. The van der Waals surface area contributed by atoms with Gasteiger partial charge in [-0.25, -0.2) is 4.79 Å². The monoisotopic (exact) mass is 595 g/mol. The molecule has 0 unspecified atom stereocenters. The van der Waals surface area contributed by atoms with Crippen LogP contribution in [0.4, 0.5) is 0 Å². The molecule has 0 radical (unpaired) electrons. The zero-order valence-electron chi connectivity index (χ0n) is 18.2. The molecule has 180 valence electrons. The average Bonchev–Trinajstić information content (AvgIpc) is 2.76. The molecule has 0 aromatic heterocycles. The van der Waals surface area contributed by atoms with Crippen LogP contribution in [0.25, 0.3) is 0 Å². The molecule has 1 aromatic carbocycles. The maximum Gasteiger partial charge on any atom is 0.341 e. The number of Topliss-reactive ketones (excluding diaryl/α,β-unsaturated/α-hetero) is 2. The number of benzene rings is 1. The van der Waals surface area contributed by atoms with E-state index < -0.39 is 24.5 Å². The lowest BCUT2D eigenvalue weighted by molar-refractivity contribution is -0.139. The van der Waals surface area contributed by atoms with E-state index in [4.69, 9.17) is 9.84 Å². The number of carbonyl (C=O) groups excluding carboxylic acids is 2. The van der Waals surface area contributed by atoms with Crippen molar-refractivity contribution in [3.63, 3.8) is 0 Å². The molecule has 1 aliphatic heterocycles. The Morgan fingerprint density at radius 1 is 0.912 bits per heavy atom. The Morgan fingerprint density at radius 2 is 1.44 bits per heavy atom. The van der Waals surface area contributed by atoms with Gasteiger partial charge in [-0.05, 0) is 75.2 Å². The predicted octanol–water partition coefficient (Wildman–Crippen LogP) is 4.56. The van der Waals surface area contributed by atoms with Crippen LogP contribution in [-0.2, 0) is 19.2 Å². The summed E-state index contributed by atoms with van der Waals surface area (Å²) >= 11 is 6.90. The Hall–Kier alpha value is -2.46. The molecule has 2 N–H and O–H groups in total. The summed E-state index contributed by atoms with van der Waals surface area (Å²) in [6, 6.07) is 3.52. The maximum absolute atomic E-state index is 13.2. The summed E-state index contributed by atoms with van der Waals surface area (Å²) in [5.41, 5.74) is 3.46. The third kappa shape index (κ3) is 4.70. The molecule has 0 spiro atoms. The van der Waals surface area contributed by atoms with E-state index in [0.29, 0.717) is 69.9 Å². The lowest BCUT2D eigenvalue weighted by Gasteiger charge is -2.44. The first kappa shape index (κ1) is 24.7. The van der Waals surface area contributed by atoms with E-state index in [1.165, 1.54) is 0 Å². The topological polar surface area (TPSA) is 121 Å². The number of rotatable bonds is 7. The fraction of sp³-hybridized carbons (Fsp3) is 0.417. The second-order valence-electron chi connectivity index (χ2n) is 8.50. The van der Waals surface area contributed by atoms with Gasteiger partial charge in [0.2, 0.25) is 0 Å². The van der Waals surface area contributed by atoms with Gasteiger partial charge in [-0.1, -0.05) is 0 Å². The molecule has 34 heavy (non-hydrogen) atoms. The highest BCUT2D eigenvalue weighted by Gasteiger charge is 2.43. The van der Waals surface area contributed by atoms with E-state index in [0.717, 1.165) is 11.4 Å². The zero-order valence-corrected chi connectivity index (χ0v) is 21.4. The molecule has 0 bridgehead atoms. The number of allylic oxidation sites excluding steroid dienone is 4. The van der Waals surface area contributed by atoms with Crippen LogP contribution in [0.15, 0.2) is 43.6 Å². The van der Waals surface area contributed by atoms with E-state index in [2.05, 4.69) is 31.9 Å². The molecule has 8 nitrogen and oxygen atoms in total. The summed E-state index contributed by atoms with van der Waals surface area (Å²) in [6.45, 7) is -0.296. The van der Waals surface area contributed by atoms with Crippen LogP contribution in [0, 0.1) is 0 Å². The first-order chi connectivity index (χ1) is 16.2. The second-order valence-corrected chi connectivity index (χ2v) is 10.2. The smallest absolute Gasteiger partial charge is 0.341 e. The van der Waals surface area contributed by atoms with Gasteiger partial charge < -0.3 is 19.8 Å². The van der Waals surface area contributed by atoms with Gasteiger partial charge in [-0.3, -0.25) is 14.4 Å². The van der Waals surface area contributed by atoms with Gasteiger partial charge in [0.1, 0.15) is 5.75 Å². The number of halogens is 2. The Labute approximate surface area is 212 Å². The number of carbonyl (C=O) groups is 4. The molecule has 0 amide bonds. The highest BCUT2D eigenvalue weighted by atomic mass is 79.9. The van der Waals surface area contributed by atoms with Crippen molar-refractivity contribution in [2.75, 3.05) is 13.2 Å². The van der Waals surface area contributed by atoms with E-state index >= 15 is 0 Å². The van der Waals surface area contributed by atoms with Crippen molar-refractivity contribution in [1.29, 1.82) is 0 Å². The quantitative estimate of drug-likeness (QED) is 0.470. The standard InChI is InChI=1S/C24H23Br2NO7/c25-13-9-12(10-14(26)24(13)34-11-20(32)33)21-22-15(3-1-5-17(22)28)27(8-7-19(30)31)16-4-2-6-18(29)23(16)21/h9-10,21H,1-8,11H2,(H,30,31)(H,32,33). The van der Waals surface area contributed by atoms with E-state index in [1.807, 2.05) is 4.90 Å². The maximum atomic E-state index is 13.2. The third-order valence-corrected chi connectivity index (χ3v) is 7.51. The van der Waals surface area contributed by atoms with Crippen molar-refractivity contribution in [1.82, 2.24) is 4.90 Å². The SMILES string of the molecule is O=C(O)CCN1C2=C(C(=O)CCC2)C(c2cc(Br)c(OCC(=O)O)c(Br)c2)C2=C1CCCC2=O. The van der Waals surface area contributed by atoms with Gasteiger partial charge in [0.25, 0.3) is 0 Å². The van der Waals surface area contributed by atoms with Crippen LogP contribution in [0.2, 0.25) is 0 Å². The summed E-state index contributed by atoms with van der Waals surface area (Å²) in [5.74, 6) is -2.35. The van der Waals surface area contributed by atoms with E-state index in [-0.39, 0.29) is 24.5 Å². The highest BCUT2D eigenvalue weighted by Crippen LogP contribution is 2.50. The average molecular weight is 597 g/mol. The molecule has 1 heterocycles. The minimum atomic E-state index is -1.11. The molecular weight excluding hydrogens is 574 g/mol. The number of carboxylic acid groups (broad SMARTS) is 2. The summed E-state index contributed by atoms with van der Waals surface area (Å²) in [6.07, 6.45) is 3.31. The molecule has 1 aromatic rings. The largest absolute Gasteiger partial charge is 0.481 e. The van der Waals surface area contributed by atoms with Crippen LogP contribution in [-0.4, -0.2) is 51.8 Å². The van der Waals surface area contributed by atoms with Crippen molar-refractivity contribution in [3.05, 3.63) is 49.2 Å². The molecular formula is C24H23Br2NO7. The van der Waals surface area contributed by atoms with Crippen LogP contribution in [0.1, 0.15) is 56.4 Å². The summed E-state index contributed by atoms with van der Waals surface area (Å²) in [7, 11) is 0. The Balaban J connectivity index is 1.87. The van der Waals surface area contributed by atoms with Gasteiger partial charge in [-0.15, -0.1) is 0 Å². The van der Waals surface area contributed by atoms with Crippen molar-refractivity contribution >= 4 is 55.4 Å². The molecule has 0 saturated heterocycles. The van der Waals surface area contributed by atoms with Crippen LogP contribution in [0.5, 0.6) is 5.75 Å². The predicted molar refractivity (Wildman–Crippen MR) is 128 cm³/mol. The number of hydrogen-bond donors (Lipinski definition) is 2. The lowest BCUT2D eigenvalue weighted by atomic mass is 9.71. The van der Waals surface area contributed by atoms with Gasteiger partial charge in [0.05, 0.1) is 15.4 Å².